The van der Waals surface area contributed by atoms with Crippen LogP contribution >= 0.6 is 10.9 Å². The Hall–Kier alpha value is -0.570. The zero-order chi connectivity index (χ0) is 7.56. The largest absolute Gasteiger partial charge is 0.242 e. The Morgan fingerprint density at radius 3 is 2.50 bits per heavy atom. The molecular formula is C7H12N2S. The van der Waals surface area contributed by atoms with Gasteiger partial charge < -0.3 is 0 Å². The molecule has 0 aromatic carbocycles. The predicted molar refractivity (Wildman–Crippen MR) is 45.9 cm³/mol. The SMILES string of the molecule is Cc1nccc([SH](C)C)n1. The van der Waals surface area contributed by atoms with Crippen LogP contribution in [0.5, 0.6) is 0 Å². The fourth-order valence-electron chi connectivity index (χ4n) is 0.693. The molecule has 0 atom stereocenters. The van der Waals surface area contributed by atoms with Crippen LogP contribution in [0.25, 0.3) is 0 Å². The Labute approximate surface area is 64.1 Å². The molecule has 3 heteroatoms. The lowest BCUT2D eigenvalue weighted by Crippen LogP contribution is -1.89. The Bertz CT molecular complexity index is 223. The highest BCUT2D eigenvalue weighted by Gasteiger charge is 1.95. The first-order valence-corrected chi connectivity index (χ1v) is 5.41. The van der Waals surface area contributed by atoms with Gasteiger partial charge in [-0.25, -0.2) is 20.9 Å². The molecule has 0 bridgehead atoms. The van der Waals surface area contributed by atoms with Crippen LogP contribution in [0, 0.1) is 6.92 Å². The van der Waals surface area contributed by atoms with Crippen molar-refractivity contribution in [2.45, 2.75) is 11.9 Å². The lowest BCUT2D eigenvalue weighted by atomic mass is 10.6. The van der Waals surface area contributed by atoms with Crippen LogP contribution in [0.1, 0.15) is 5.82 Å². The van der Waals surface area contributed by atoms with Gasteiger partial charge in [0.1, 0.15) is 5.82 Å². The summed E-state index contributed by atoms with van der Waals surface area (Å²) in [7, 11) is -0.0629. The summed E-state index contributed by atoms with van der Waals surface area (Å²) in [5, 5.41) is 1.18. The second-order valence-corrected chi connectivity index (χ2v) is 4.60. The zero-order valence-corrected chi connectivity index (χ0v) is 7.39. The molecule has 1 heterocycles. The van der Waals surface area contributed by atoms with E-state index in [1.807, 2.05) is 19.2 Å². The first-order chi connectivity index (χ1) is 4.70. The third-order valence-corrected chi connectivity index (χ3v) is 2.38. The Morgan fingerprint density at radius 2 is 2.10 bits per heavy atom. The van der Waals surface area contributed by atoms with Gasteiger partial charge >= 0.3 is 0 Å². The van der Waals surface area contributed by atoms with E-state index in [4.69, 9.17) is 0 Å². The summed E-state index contributed by atoms with van der Waals surface area (Å²) in [6.07, 6.45) is 6.20. The molecule has 0 unspecified atom stereocenters. The van der Waals surface area contributed by atoms with Gasteiger partial charge in [0.05, 0.1) is 5.03 Å². The van der Waals surface area contributed by atoms with E-state index in [9.17, 15) is 0 Å². The topological polar surface area (TPSA) is 25.8 Å². The maximum atomic E-state index is 4.29. The van der Waals surface area contributed by atoms with Gasteiger partial charge in [0.15, 0.2) is 0 Å². The van der Waals surface area contributed by atoms with Gasteiger partial charge in [0.2, 0.25) is 0 Å². The summed E-state index contributed by atoms with van der Waals surface area (Å²) in [6, 6.07) is 1.98. The fraction of sp³-hybridized carbons (Fsp3) is 0.429. The number of thiol groups is 1. The molecule has 0 aliphatic carbocycles. The number of aromatic nitrogens is 2. The summed E-state index contributed by atoms with van der Waals surface area (Å²) in [5.74, 6) is 0.869. The number of nitrogens with zero attached hydrogens (tertiary/aromatic N) is 2. The van der Waals surface area contributed by atoms with E-state index in [0.717, 1.165) is 5.82 Å². The Balaban J connectivity index is 2.96. The van der Waals surface area contributed by atoms with Crippen molar-refractivity contribution in [3.63, 3.8) is 0 Å². The Morgan fingerprint density at radius 1 is 1.40 bits per heavy atom. The highest BCUT2D eigenvalue weighted by Crippen LogP contribution is 2.24. The number of aryl methyl sites for hydroxylation is 1. The molecule has 56 valence electrons. The van der Waals surface area contributed by atoms with Crippen molar-refractivity contribution >= 4 is 10.9 Å². The maximum absolute atomic E-state index is 4.29. The van der Waals surface area contributed by atoms with Crippen LogP contribution in [0.15, 0.2) is 17.3 Å². The third-order valence-electron chi connectivity index (χ3n) is 1.22. The summed E-state index contributed by atoms with van der Waals surface area (Å²) < 4.78 is 0. The van der Waals surface area contributed by atoms with Crippen LogP contribution in [0.2, 0.25) is 0 Å². The smallest absolute Gasteiger partial charge is 0.126 e. The minimum absolute atomic E-state index is 0.0629. The summed E-state index contributed by atoms with van der Waals surface area (Å²) >= 11 is 0. The Kier molecular flexibility index (Phi) is 2.27. The van der Waals surface area contributed by atoms with E-state index in [1.165, 1.54) is 5.03 Å². The van der Waals surface area contributed by atoms with Gasteiger partial charge in [0, 0.05) is 6.20 Å². The molecule has 0 aliphatic heterocycles. The molecule has 0 N–H and O–H groups in total. The van der Waals surface area contributed by atoms with E-state index < -0.39 is 0 Å². The van der Waals surface area contributed by atoms with Crippen molar-refractivity contribution in [3.8, 4) is 0 Å². The van der Waals surface area contributed by atoms with Crippen LogP contribution in [0.3, 0.4) is 0 Å². The zero-order valence-electron chi connectivity index (χ0n) is 6.50. The number of rotatable bonds is 1. The van der Waals surface area contributed by atoms with Gasteiger partial charge in [-0.1, -0.05) is 0 Å². The van der Waals surface area contributed by atoms with Crippen LogP contribution in [0.4, 0.5) is 0 Å². The molecule has 0 radical (unpaired) electrons. The monoisotopic (exact) mass is 156 g/mol. The predicted octanol–water partition coefficient (Wildman–Crippen LogP) is 1.40. The highest BCUT2D eigenvalue weighted by atomic mass is 32.2. The molecular weight excluding hydrogens is 144 g/mol. The average molecular weight is 156 g/mol. The van der Waals surface area contributed by atoms with Crippen molar-refractivity contribution in [1.82, 2.24) is 9.97 Å². The van der Waals surface area contributed by atoms with Gasteiger partial charge in [-0.05, 0) is 25.5 Å². The molecule has 0 fully saturated rings. The highest BCUT2D eigenvalue weighted by molar-refractivity contribution is 8.15. The van der Waals surface area contributed by atoms with Crippen LogP contribution in [-0.4, -0.2) is 22.5 Å². The molecule has 0 amide bonds. The standard InChI is InChI=1S/C7H12N2S/c1-6-8-5-4-7(9-6)10(2)3/h4-5,10H,1-3H3. The molecule has 0 spiro atoms. The van der Waals surface area contributed by atoms with Gasteiger partial charge in [-0.3, -0.25) is 0 Å². The lowest BCUT2D eigenvalue weighted by Gasteiger charge is -2.06. The van der Waals surface area contributed by atoms with Crippen molar-refractivity contribution < 1.29 is 0 Å². The third kappa shape index (κ3) is 1.70. The second-order valence-electron chi connectivity index (χ2n) is 2.36. The van der Waals surface area contributed by atoms with E-state index in [0.29, 0.717) is 0 Å². The molecule has 0 aliphatic rings. The molecule has 0 saturated carbocycles. The van der Waals surface area contributed by atoms with Crippen LogP contribution in [-0.2, 0) is 0 Å². The molecule has 2 nitrogen and oxygen atoms in total. The first kappa shape index (κ1) is 7.54. The van der Waals surface area contributed by atoms with E-state index in [2.05, 4.69) is 22.5 Å². The quantitative estimate of drug-likeness (QED) is 0.491. The van der Waals surface area contributed by atoms with Crippen molar-refractivity contribution in [2.75, 3.05) is 12.5 Å². The van der Waals surface area contributed by atoms with Gasteiger partial charge in [0.25, 0.3) is 0 Å². The second kappa shape index (κ2) is 3.01. The summed E-state index contributed by atoms with van der Waals surface area (Å²) in [4.78, 5) is 8.31. The molecule has 0 saturated heterocycles. The fourth-order valence-corrected chi connectivity index (χ4v) is 1.40. The van der Waals surface area contributed by atoms with Crippen molar-refractivity contribution in [3.05, 3.63) is 18.1 Å². The molecule has 1 rings (SSSR count). The van der Waals surface area contributed by atoms with Crippen LogP contribution < -0.4 is 0 Å². The normalized spacial score (nSPS) is 11.3. The molecule has 1 aromatic heterocycles. The van der Waals surface area contributed by atoms with E-state index in [-0.39, 0.29) is 10.9 Å². The van der Waals surface area contributed by atoms with E-state index in [1.54, 1.807) is 0 Å². The minimum atomic E-state index is -0.0629. The average Bonchev–Trinajstić information content (AvgIpc) is 1.88. The summed E-state index contributed by atoms with van der Waals surface area (Å²) in [5.41, 5.74) is 0. The van der Waals surface area contributed by atoms with E-state index >= 15 is 0 Å². The van der Waals surface area contributed by atoms with Gasteiger partial charge in [-0.15, -0.1) is 0 Å². The molecule has 10 heavy (non-hydrogen) atoms. The van der Waals surface area contributed by atoms with Gasteiger partial charge in [-0.2, -0.15) is 0 Å². The first-order valence-electron chi connectivity index (χ1n) is 3.17. The molecule has 1 aromatic rings. The number of hydrogen-bond acceptors (Lipinski definition) is 2. The van der Waals surface area contributed by atoms with Crippen molar-refractivity contribution in [1.29, 1.82) is 0 Å². The summed E-state index contributed by atoms with van der Waals surface area (Å²) in [6.45, 7) is 1.92. The van der Waals surface area contributed by atoms with Crippen molar-refractivity contribution in [2.24, 2.45) is 0 Å². The minimum Gasteiger partial charge on any atom is -0.242 e. The lowest BCUT2D eigenvalue weighted by molar-refractivity contribution is 0.966. The number of hydrogen-bond donors (Lipinski definition) is 1. The maximum Gasteiger partial charge on any atom is 0.126 e.